The largest absolute Gasteiger partial charge is 0.494 e. The molecule has 1 aliphatic rings. The number of amides is 2. The zero-order chi connectivity index (χ0) is 29.1. The standard InChI is InChI=1S/C33H40N2O6/c1-3-18-40-28-14-12-26(13-15-28)31(37)34-22-27-20-24(11-16-30(27)39-4-2)21-33(17-8-19-41-33)32(38)35-29(23-36)25-9-6-5-7-10-25/h5-7,9-16,20,29,36H,3-4,8,17-19,21-23H2,1-2H3,(H,34,37)(H,35,38)/t29-,33+/m0/s1. The van der Waals surface area contributed by atoms with Gasteiger partial charge in [0.15, 0.2) is 5.60 Å². The van der Waals surface area contributed by atoms with Crippen LogP contribution in [0, 0.1) is 0 Å². The molecular weight excluding hydrogens is 520 g/mol. The topological polar surface area (TPSA) is 106 Å². The summed E-state index contributed by atoms with van der Waals surface area (Å²) in [5, 5.41) is 16.0. The van der Waals surface area contributed by atoms with Gasteiger partial charge in [0, 0.05) is 30.7 Å². The number of benzene rings is 3. The van der Waals surface area contributed by atoms with Crippen LogP contribution in [0.15, 0.2) is 72.8 Å². The molecule has 8 nitrogen and oxygen atoms in total. The minimum absolute atomic E-state index is 0.203. The monoisotopic (exact) mass is 560 g/mol. The third-order valence-corrected chi connectivity index (χ3v) is 7.15. The number of carbonyl (C=O) groups excluding carboxylic acids is 2. The molecule has 2 atom stereocenters. The van der Waals surface area contributed by atoms with Crippen molar-refractivity contribution in [2.75, 3.05) is 26.4 Å². The molecule has 0 unspecified atom stereocenters. The summed E-state index contributed by atoms with van der Waals surface area (Å²) in [6.45, 7) is 5.60. The number of aliphatic hydroxyl groups is 1. The fraction of sp³-hybridized carbons (Fsp3) is 0.394. The maximum absolute atomic E-state index is 13.6. The molecule has 0 aromatic heterocycles. The van der Waals surface area contributed by atoms with Crippen molar-refractivity contribution in [3.8, 4) is 11.5 Å². The Hall–Kier alpha value is -3.88. The summed E-state index contributed by atoms with van der Waals surface area (Å²) in [5.41, 5.74) is 2.03. The first-order valence-electron chi connectivity index (χ1n) is 14.3. The molecule has 41 heavy (non-hydrogen) atoms. The molecule has 0 radical (unpaired) electrons. The highest BCUT2D eigenvalue weighted by Gasteiger charge is 2.43. The lowest BCUT2D eigenvalue weighted by atomic mass is 9.89. The Bertz CT molecular complexity index is 1270. The van der Waals surface area contributed by atoms with Crippen molar-refractivity contribution in [3.63, 3.8) is 0 Å². The molecule has 3 N–H and O–H groups in total. The minimum atomic E-state index is -1.04. The van der Waals surface area contributed by atoms with Crippen LogP contribution in [0.4, 0.5) is 0 Å². The van der Waals surface area contributed by atoms with E-state index >= 15 is 0 Å². The van der Waals surface area contributed by atoms with Gasteiger partial charge in [-0.3, -0.25) is 9.59 Å². The third-order valence-electron chi connectivity index (χ3n) is 7.15. The van der Waals surface area contributed by atoms with Gasteiger partial charge in [0.05, 0.1) is 25.9 Å². The zero-order valence-corrected chi connectivity index (χ0v) is 23.9. The van der Waals surface area contributed by atoms with E-state index in [9.17, 15) is 14.7 Å². The molecule has 3 aromatic rings. The summed E-state index contributed by atoms with van der Waals surface area (Å²) in [7, 11) is 0. The Kier molecular flexibility index (Phi) is 10.8. The number of aliphatic hydroxyl groups excluding tert-OH is 1. The van der Waals surface area contributed by atoms with Gasteiger partial charge in [-0.1, -0.05) is 49.4 Å². The summed E-state index contributed by atoms with van der Waals surface area (Å²) in [4.78, 5) is 26.5. The van der Waals surface area contributed by atoms with E-state index in [2.05, 4.69) is 10.6 Å². The second-order valence-electron chi connectivity index (χ2n) is 10.2. The van der Waals surface area contributed by atoms with Gasteiger partial charge in [0.25, 0.3) is 11.8 Å². The molecule has 8 heteroatoms. The second-order valence-corrected chi connectivity index (χ2v) is 10.2. The van der Waals surface area contributed by atoms with Crippen molar-refractivity contribution < 1.29 is 28.9 Å². The number of carbonyl (C=O) groups is 2. The van der Waals surface area contributed by atoms with Crippen LogP contribution in [0.1, 0.15) is 66.2 Å². The van der Waals surface area contributed by atoms with E-state index in [0.717, 1.165) is 35.3 Å². The number of ether oxygens (including phenoxy) is 3. The van der Waals surface area contributed by atoms with Crippen LogP contribution in [0.3, 0.4) is 0 Å². The quantitative estimate of drug-likeness (QED) is 0.263. The molecule has 0 bridgehead atoms. The van der Waals surface area contributed by atoms with E-state index in [4.69, 9.17) is 14.2 Å². The fourth-order valence-electron chi connectivity index (χ4n) is 5.01. The highest BCUT2D eigenvalue weighted by Crippen LogP contribution is 2.32. The Balaban J connectivity index is 1.47. The molecule has 2 amide bonds. The van der Waals surface area contributed by atoms with E-state index in [-0.39, 0.29) is 25.0 Å². The molecule has 1 aliphatic heterocycles. The predicted molar refractivity (Wildman–Crippen MR) is 157 cm³/mol. The fourth-order valence-corrected chi connectivity index (χ4v) is 5.01. The summed E-state index contributed by atoms with van der Waals surface area (Å²) >= 11 is 0. The summed E-state index contributed by atoms with van der Waals surface area (Å²) in [5.74, 6) is 0.963. The lowest BCUT2D eigenvalue weighted by Crippen LogP contribution is -2.49. The van der Waals surface area contributed by atoms with Crippen LogP contribution in [0.25, 0.3) is 0 Å². The van der Waals surface area contributed by atoms with E-state index in [1.165, 1.54) is 0 Å². The highest BCUT2D eigenvalue weighted by atomic mass is 16.5. The zero-order valence-electron chi connectivity index (χ0n) is 23.9. The van der Waals surface area contributed by atoms with Gasteiger partial charge in [-0.05, 0) is 67.6 Å². The van der Waals surface area contributed by atoms with Crippen LogP contribution in [-0.4, -0.2) is 48.9 Å². The minimum Gasteiger partial charge on any atom is -0.494 e. The van der Waals surface area contributed by atoms with E-state index < -0.39 is 11.6 Å². The van der Waals surface area contributed by atoms with Crippen LogP contribution in [-0.2, 0) is 22.5 Å². The molecule has 0 aliphatic carbocycles. The van der Waals surface area contributed by atoms with Gasteiger partial charge in [-0.2, -0.15) is 0 Å². The molecule has 218 valence electrons. The van der Waals surface area contributed by atoms with Gasteiger partial charge in [-0.15, -0.1) is 0 Å². The SMILES string of the molecule is CCCOc1ccc(C(=O)NCc2cc(C[C@@]3(C(=O)N[C@@H](CO)c4ccccc4)CCCO3)ccc2OCC)cc1. The van der Waals surface area contributed by atoms with E-state index in [0.29, 0.717) is 44.0 Å². The van der Waals surface area contributed by atoms with Gasteiger partial charge < -0.3 is 30.0 Å². The van der Waals surface area contributed by atoms with Gasteiger partial charge in [0.2, 0.25) is 0 Å². The Morgan fingerprint density at radius 1 is 1.02 bits per heavy atom. The van der Waals surface area contributed by atoms with Gasteiger partial charge in [0.1, 0.15) is 11.5 Å². The maximum Gasteiger partial charge on any atom is 0.253 e. The highest BCUT2D eigenvalue weighted by molar-refractivity contribution is 5.94. The van der Waals surface area contributed by atoms with Crippen molar-refractivity contribution in [1.82, 2.24) is 10.6 Å². The first kappa shape index (κ1) is 30.1. The van der Waals surface area contributed by atoms with Crippen molar-refractivity contribution in [2.24, 2.45) is 0 Å². The molecule has 1 saturated heterocycles. The van der Waals surface area contributed by atoms with Crippen molar-refractivity contribution in [1.29, 1.82) is 0 Å². The smallest absolute Gasteiger partial charge is 0.253 e. The average Bonchev–Trinajstić information content (AvgIpc) is 3.49. The summed E-state index contributed by atoms with van der Waals surface area (Å²) in [6.07, 6.45) is 2.62. The van der Waals surface area contributed by atoms with Crippen molar-refractivity contribution in [2.45, 2.75) is 57.7 Å². The van der Waals surface area contributed by atoms with Gasteiger partial charge in [-0.25, -0.2) is 0 Å². The first-order valence-corrected chi connectivity index (χ1v) is 14.3. The van der Waals surface area contributed by atoms with E-state index in [1.807, 2.05) is 62.4 Å². The Morgan fingerprint density at radius 3 is 2.46 bits per heavy atom. The second kappa shape index (κ2) is 14.7. The molecular formula is C33H40N2O6. The Labute approximate surface area is 242 Å². The van der Waals surface area contributed by atoms with Crippen LogP contribution in [0.2, 0.25) is 0 Å². The summed E-state index contributed by atoms with van der Waals surface area (Å²) in [6, 6.07) is 21.7. The number of nitrogens with one attached hydrogen (secondary N) is 2. The molecule has 0 spiro atoms. The first-order chi connectivity index (χ1) is 20.0. The predicted octanol–water partition coefficient (Wildman–Crippen LogP) is 4.75. The number of rotatable bonds is 14. The van der Waals surface area contributed by atoms with Crippen molar-refractivity contribution in [3.05, 3.63) is 95.1 Å². The lowest BCUT2D eigenvalue weighted by molar-refractivity contribution is -0.142. The molecule has 0 saturated carbocycles. The maximum atomic E-state index is 13.6. The number of hydrogen-bond acceptors (Lipinski definition) is 6. The molecule has 1 fully saturated rings. The lowest BCUT2D eigenvalue weighted by Gasteiger charge is -2.30. The molecule has 3 aromatic carbocycles. The average molecular weight is 561 g/mol. The van der Waals surface area contributed by atoms with Crippen LogP contribution < -0.4 is 20.1 Å². The normalized spacial score (nSPS) is 17.0. The van der Waals surface area contributed by atoms with Crippen molar-refractivity contribution >= 4 is 11.8 Å². The molecule has 1 heterocycles. The Morgan fingerprint density at radius 2 is 1.80 bits per heavy atom. The molecule has 4 rings (SSSR count). The number of hydrogen-bond donors (Lipinski definition) is 3. The van der Waals surface area contributed by atoms with Crippen LogP contribution in [0.5, 0.6) is 11.5 Å². The van der Waals surface area contributed by atoms with E-state index in [1.54, 1.807) is 24.3 Å². The summed E-state index contributed by atoms with van der Waals surface area (Å²) < 4.78 is 17.5. The van der Waals surface area contributed by atoms with Crippen LogP contribution >= 0.6 is 0 Å². The third kappa shape index (κ3) is 7.86. The van der Waals surface area contributed by atoms with Gasteiger partial charge >= 0.3 is 0 Å².